The summed E-state index contributed by atoms with van der Waals surface area (Å²) in [6.07, 6.45) is 5.04. The Morgan fingerprint density at radius 2 is 1.86 bits per heavy atom. The lowest BCUT2D eigenvalue weighted by Gasteiger charge is -2.09. The number of benzene rings is 2. The number of rotatable bonds is 2. The molecular formula is C17H15N3O. The van der Waals surface area contributed by atoms with E-state index in [-0.39, 0.29) is 0 Å². The predicted octanol–water partition coefficient (Wildman–Crippen LogP) is 3.49. The van der Waals surface area contributed by atoms with Crippen molar-refractivity contribution in [3.05, 3.63) is 53.9 Å². The summed E-state index contributed by atoms with van der Waals surface area (Å²) < 4.78 is 5.96. The van der Waals surface area contributed by atoms with E-state index in [1.54, 1.807) is 0 Å². The maximum Gasteiger partial charge on any atom is 0.230 e. The van der Waals surface area contributed by atoms with E-state index in [1.807, 2.05) is 24.3 Å². The molecule has 4 nitrogen and oxygen atoms in total. The molecule has 0 unspecified atom stereocenters. The lowest BCUT2D eigenvalue weighted by atomic mass is 10.1. The zero-order valence-electron chi connectivity index (χ0n) is 11.5. The van der Waals surface area contributed by atoms with Crippen LogP contribution in [0.15, 0.2) is 42.7 Å². The fourth-order valence-corrected chi connectivity index (χ4v) is 2.85. The fraction of sp³-hybridized carbons (Fsp3) is 0.176. The number of anilines is 1. The first-order valence-electron chi connectivity index (χ1n) is 7.09. The molecular weight excluding hydrogens is 262 g/mol. The van der Waals surface area contributed by atoms with E-state index in [2.05, 4.69) is 22.1 Å². The first-order valence-corrected chi connectivity index (χ1v) is 7.09. The molecule has 1 aliphatic carbocycles. The molecule has 0 spiro atoms. The highest BCUT2D eigenvalue weighted by atomic mass is 16.5. The molecule has 4 rings (SSSR count). The maximum atomic E-state index is 5.96. The van der Waals surface area contributed by atoms with E-state index in [0.29, 0.717) is 11.6 Å². The second kappa shape index (κ2) is 4.74. The number of nitrogens with zero attached hydrogens (tertiary/aromatic N) is 2. The van der Waals surface area contributed by atoms with Gasteiger partial charge in [0.05, 0.1) is 10.9 Å². The average molecular weight is 277 g/mol. The lowest BCUT2D eigenvalue weighted by Crippen LogP contribution is -1.93. The van der Waals surface area contributed by atoms with E-state index in [0.717, 1.165) is 23.1 Å². The molecule has 1 aromatic heterocycles. The number of nitrogens with two attached hydrogens (primary N) is 1. The second-order valence-corrected chi connectivity index (χ2v) is 5.34. The van der Waals surface area contributed by atoms with Gasteiger partial charge in [-0.25, -0.2) is 9.97 Å². The highest BCUT2D eigenvalue weighted by molar-refractivity contribution is 5.85. The lowest BCUT2D eigenvalue weighted by molar-refractivity contribution is 0.467. The van der Waals surface area contributed by atoms with Gasteiger partial charge < -0.3 is 10.5 Å². The third kappa shape index (κ3) is 2.18. The standard InChI is InChI=1S/C17H15N3O/c18-13-5-7-15-16(9-13)19-10-20-17(15)21-14-6-4-11-2-1-3-12(11)8-14/h4-10H,1-3,18H2. The van der Waals surface area contributed by atoms with Crippen LogP contribution in [0.4, 0.5) is 5.69 Å². The summed E-state index contributed by atoms with van der Waals surface area (Å²) in [5.41, 5.74) is 10.1. The maximum absolute atomic E-state index is 5.96. The van der Waals surface area contributed by atoms with Gasteiger partial charge in [0.1, 0.15) is 12.1 Å². The van der Waals surface area contributed by atoms with Crippen LogP contribution in [0, 0.1) is 0 Å². The van der Waals surface area contributed by atoms with Crippen LogP contribution in [0.1, 0.15) is 17.5 Å². The Bertz CT molecular complexity index is 829. The fourth-order valence-electron chi connectivity index (χ4n) is 2.85. The molecule has 21 heavy (non-hydrogen) atoms. The van der Waals surface area contributed by atoms with Crippen LogP contribution in [0.25, 0.3) is 10.9 Å². The van der Waals surface area contributed by atoms with Crippen molar-refractivity contribution in [3.8, 4) is 11.6 Å². The molecule has 2 aromatic carbocycles. The Morgan fingerprint density at radius 1 is 0.952 bits per heavy atom. The van der Waals surface area contributed by atoms with Crippen LogP contribution < -0.4 is 10.5 Å². The number of fused-ring (bicyclic) bond motifs is 2. The molecule has 0 bridgehead atoms. The monoisotopic (exact) mass is 277 g/mol. The van der Waals surface area contributed by atoms with Gasteiger partial charge in [0.25, 0.3) is 0 Å². The number of nitrogen functional groups attached to an aromatic ring is 1. The van der Waals surface area contributed by atoms with Gasteiger partial charge in [0, 0.05) is 5.69 Å². The van der Waals surface area contributed by atoms with Crippen LogP contribution in [-0.2, 0) is 12.8 Å². The van der Waals surface area contributed by atoms with E-state index in [9.17, 15) is 0 Å². The Hall–Kier alpha value is -2.62. The normalized spacial score (nSPS) is 13.3. The van der Waals surface area contributed by atoms with E-state index >= 15 is 0 Å². The number of hydrogen-bond donors (Lipinski definition) is 1. The molecule has 3 aromatic rings. The summed E-state index contributed by atoms with van der Waals surface area (Å²) in [4.78, 5) is 8.48. The van der Waals surface area contributed by atoms with Crippen molar-refractivity contribution in [2.24, 2.45) is 0 Å². The summed E-state index contributed by atoms with van der Waals surface area (Å²) >= 11 is 0. The van der Waals surface area contributed by atoms with Crippen molar-refractivity contribution < 1.29 is 4.74 Å². The Morgan fingerprint density at radius 3 is 2.81 bits per heavy atom. The van der Waals surface area contributed by atoms with Crippen molar-refractivity contribution in [1.82, 2.24) is 9.97 Å². The van der Waals surface area contributed by atoms with Gasteiger partial charge >= 0.3 is 0 Å². The molecule has 0 atom stereocenters. The Labute approximate surface area is 122 Å². The highest BCUT2D eigenvalue weighted by Crippen LogP contribution is 2.31. The van der Waals surface area contributed by atoms with Gasteiger partial charge in [-0.15, -0.1) is 0 Å². The number of aryl methyl sites for hydroxylation is 2. The van der Waals surface area contributed by atoms with E-state index in [1.165, 1.54) is 30.3 Å². The quantitative estimate of drug-likeness (QED) is 0.728. The molecule has 1 aliphatic rings. The summed E-state index contributed by atoms with van der Waals surface area (Å²) in [7, 11) is 0. The minimum Gasteiger partial charge on any atom is -0.438 e. The smallest absolute Gasteiger partial charge is 0.230 e. The molecule has 0 aliphatic heterocycles. The van der Waals surface area contributed by atoms with Gasteiger partial charge in [0.2, 0.25) is 5.88 Å². The van der Waals surface area contributed by atoms with Crippen LogP contribution in [0.3, 0.4) is 0 Å². The minimum absolute atomic E-state index is 0.568. The van der Waals surface area contributed by atoms with Crippen molar-refractivity contribution in [3.63, 3.8) is 0 Å². The zero-order valence-corrected chi connectivity index (χ0v) is 11.5. The zero-order chi connectivity index (χ0) is 14.2. The van der Waals surface area contributed by atoms with Crippen molar-refractivity contribution in [1.29, 1.82) is 0 Å². The van der Waals surface area contributed by atoms with E-state index < -0.39 is 0 Å². The van der Waals surface area contributed by atoms with Crippen molar-refractivity contribution >= 4 is 16.6 Å². The van der Waals surface area contributed by atoms with Gasteiger partial charge in [0.15, 0.2) is 0 Å². The van der Waals surface area contributed by atoms with Gasteiger partial charge in [-0.1, -0.05) is 6.07 Å². The molecule has 2 N–H and O–H groups in total. The molecule has 4 heteroatoms. The summed E-state index contributed by atoms with van der Waals surface area (Å²) in [6, 6.07) is 11.8. The summed E-state index contributed by atoms with van der Waals surface area (Å²) in [6.45, 7) is 0. The van der Waals surface area contributed by atoms with Crippen molar-refractivity contribution in [2.45, 2.75) is 19.3 Å². The van der Waals surface area contributed by atoms with Gasteiger partial charge in [-0.3, -0.25) is 0 Å². The summed E-state index contributed by atoms with van der Waals surface area (Å²) in [5.74, 6) is 1.39. The highest BCUT2D eigenvalue weighted by Gasteiger charge is 2.12. The molecule has 104 valence electrons. The Balaban J connectivity index is 1.74. The number of hydrogen-bond acceptors (Lipinski definition) is 4. The molecule has 0 saturated heterocycles. The molecule has 1 heterocycles. The second-order valence-electron chi connectivity index (χ2n) is 5.34. The third-order valence-corrected chi connectivity index (χ3v) is 3.91. The SMILES string of the molecule is Nc1ccc2c(Oc3ccc4c(c3)CCC4)ncnc2c1. The topological polar surface area (TPSA) is 61.0 Å². The van der Waals surface area contributed by atoms with Crippen LogP contribution in [0.5, 0.6) is 11.6 Å². The molecule has 0 amide bonds. The molecule has 0 saturated carbocycles. The molecule has 0 radical (unpaired) electrons. The first kappa shape index (κ1) is 12.1. The van der Waals surface area contributed by atoms with Crippen LogP contribution in [0.2, 0.25) is 0 Å². The van der Waals surface area contributed by atoms with Crippen LogP contribution >= 0.6 is 0 Å². The van der Waals surface area contributed by atoms with Gasteiger partial charge in [-0.05, 0) is 60.7 Å². The molecule has 0 fully saturated rings. The van der Waals surface area contributed by atoms with Crippen molar-refractivity contribution in [2.75, 3.05) is 5.73 Å². The van der Waals surface area contributed by atoms with E-state index in [4.69, 9.17) is 10.5 Å². The van der Waals surface area contributed by atoms with Crippen LogP contribution in [-0.4, -0.2) is 9.97 Å². The minimum atomic E-state index is 0.568. The largest absolute Gasteiger partial charge is 0.438 e. The first-order chi connectivity index (χ1) is 10.3. The average Bonchev–Trinajstić information content (AvgIpc) is 2.95. The third-order valence-electron chi connectivity index (χ3n) is 3.91. The van der Waals surface area contributed by atoms with Gasteiger partial charge in [-0.2, -0.15) is 0 Å². The number of ether oxygens (including phenoxy) is 1. The predicted molar refractivity (Wildman–Crippen MR) is 82.5 cm³/mol. The number of aromatic nitrogens is 2. The summed E-state index contributed by atoms with van der Waals surface area (Å²) in [5, 5.41) is 0.868. The Kier molecular flexibility index (Phi) is 2.74.